The van der Waals surface area contributed by atoms with Crippen molar-refractivity contribution in [2.75, 3.05) is 13.2 Å². The number of rotatable bonds is 7. The summed E-state index contributed by atoms with van der Waals surface area (Å²) in [7, 11) is 0. The summed E-state index contributed by atoms with van der Waals surface area (Å²) < 4.78 is 0. The molecule has 118 valence electrons. The molecule has 0 aliphatic rings. The minimum atomic E-state index is -1.90. The van der Waals surface area contributed by atoms with Crippen LogP contribution in [0, 0.1) is 0 Å². The number of nitrogens with one attached hydrogen (secondary N) is 1. The predicted octanol–water partition coefficient (Wildman–Crippen LogP) is -2.17. The Hall–Kier alpha value is -1.87. The van der Waals surface area contributed by atoms with E-state index in [4.69, 9.17) is 10.2 Å². The Balaban J connectivity index is 2.50. The fraction of sp³-hybridized carbons (Fsp3) is 0.462. The molecule has 0 fully saturated rings. The van der Waals surface area contributed by atoms with E-state index in [1.54, 1.807) is 0 Å². The second-order valence-electron chi connectivity index (χ2n) is 4.50. The molecule has 1 rings (SSSR count). The maximum absolute atomic E-state index is 11.5. The van der Waals surface area contributed by atoms with E-state index < -0.39 is 30.8 Å². The molecule has 0 bridgehead atoms. The molecule has 0 aliphatic heterocycles. The standard InChI is InChI=1S/C13H19NO7/c15-6-10(18)11(19)12(20)13(21)14-5-4-7-8(16)2-1-3-9(7)17/h1-3,10-12,15-20H,4-6H2,(H,14,21)/t10-,11+,12-/m1/s1. The van der Waals surface area contributed by atoms with E-state index in [1.165, 1.54) is 18.2 Å². The molecule has 3 atom stereocenters. The number of phenols is 2. The molecule has 0 aromatic heterocycles. The fourth-order valence-electron chi connectivity index (χ4n) is 1.71. The Kier molecular flexibility index (Phi) is 6.38. The van der Waals surface area contributed by atoms with Gasteiger partial charge in [0.05, 0.1) is 6.61 Å². The minimum absolute atomic E-state index is 0.0109. The second kappa shape index (κ2) is 7.79. The number of amides is 1. The SMILES string of the molecule is O=C(NCCc1c(O)cccc1O)[C@H](O)[C@@H](O)[C@H](O)CO. The Bertz CT molecular complexity index is 459. The van der Waals surface area contributed by atoms with Crippen LogP contribution in [0.2, 0.25) is 0 Å². The summed E-state index contributed by atoms with van der Waals surface area (Å²) in [6.45, 7) is -0.805. The molecule has 0 heterocycles. The third-order valence-electron chi connectivity index (χ3n) is 2.97. The van der Waals surface area contributed by atoms with Gasteiger partial charge in [-0.15, -0.1) is 0 Å². The van der Waals surface area contributed by atoms with Crippen molar-refractivity contribution in [3.8, 4) is 11.5 Å². The first kappa shape index (κ1) is 17.2. The van der Waals surface area contributed by atoms with E-state index in [0.717, 1.165) is 0 Å². The van der Waals surface area contributed by atoms with Gasteiger partial charge >= 0.3 is 0 Å². The van der Waals surface area contributed by atoms with Crippen molar-refractivity contribution in [3.63, 3.8) is 0 Å². The van der Waals surface area contributed by atoms with Crippen molar-refractivity contribution in [1.29, 1.82) is 0 Å². The van der Waals surface area contributed by atoms with Crippen molar-refractivity contribution in [1.82, 2.24) is 5.32 Å². The largest absolute Gasteiger partial charge is 0.508 e. The van der Waals surface area contributed by atoms with Gasteiger partial charge in [-0.1, -0.05) is 6.07 Å². The maximum atomic E-state index is 11.5. The fourth-order valence-corrected chi connectivity index (χ4v) is 1.71. The van der Waals surface area contributed by atoms with E-state index in [1.807, 2.05) is 0 Å². The highest BCUT2D eigenvalue weighted by Gasteiger charge is 2.29. The molecule has 1 aromatic carbocycles. The lowest BCUT2D eigenvalue weighted by molar-refractivity contribution is -0.142. The average Bonchev–Trinajstić information content (AvgIpc) is 2.47. The number of aliphatic hydroxyl groups excluding tert-OH is 4. The number of hydrogen-bond donors (Lipinski definition) is 7. The van der Waals surface area contributed by atoms with Gasteiger partial charge in [-0.05, 0) is 18.6 Å². The lowest BCUT2D eigenvalue weighted by Crippen LogP contribution is -2.48. The number of benzene rings is 1. The number of carbonyl (C=O) groups excluding carboxylic acids is 1. The van der Waals surface area contributed by atoms with Crippen LogP contribution in [0.1, 0.15) is 5.56 Å². The Labute approximate surface area is 120 Å². The Morgan fingerprint density at radius 3 is 2.24 bits per heavy atom. The first-order chi connectivity index (χ1) is 9.88. The highest BCUT2D eigenvalue weighted by Crippen LogP contribution is 2.26. The second-order valence-corrected chi connectivity index (χ2v) is 4.50. The van der Waals surface area contributed by atoms with E-state index in [9.17, 15) is 25.2 Å². The van der Waals surface area contributed by atoms with Crippen LogP contribution in [0.4, 0.5) is 0 Å². The molecule has 0 saturated carbocycles. The zero-order valence-corrected chi connectivity index (χ0v) is 11.2. The van der Waals surface area contributed by atoms with Crippen molar-refractivity contribution in [2.45, 2.75) is 24.7 Å². The normalized spacial score (nSPS) is 15.2. The molecule has 1 amide bonds. The van der Waals surface area contributed by atoms with Crippen molar-refractivity contribution in [2.24, 2.45) is 0 Å². The number of hydrogen-bond acceptors (Lipinski definition) is 7. The molecular formula is C13H19NO7. The lowest BCUT2D eigenvalue weighted by Gasteiger charge is -2.20. The highest BCUT2D eigenvalue weighted by atomic mass is 16.4. The number of phenolic OH excluding ortho intramolecular Hbond substituents is 2. The van der Waals surface area contributed by atoms with Crippen LogP contribution in [0.15, 0.2) is 18.2 Å². The molecule has 8 nitrogen and oxygen atoms in total. The summed E-state index contributed by atoms with van der Waals surface area (Å²) in [6, 6.07) is 4.23. The van der Waals surface area contributed by atoms with Crippen molar-refractivity contribution in [3.05, 3.63) is 23.8 Å². The first-order valence-corrected chi connectivity index (χ1v) is 6.31. The zero-order chi connectivity index (χ0) is 16.0. The van der Waals surface area contributed by atoms with E-state index in [0.29, 0.717) is 0 Å². The van der Waals surface area contributed by atoms with Gasteiger partial charge in [0.1, 0.15) is 23.7 Å². The Morgan fingerprint density at radius 1 is 1.14 bits per heavy atom. The Morgan fingerprint density at radius 2 is 1.71 bits per heavy atom. The van der Waals surface area contributed by atoms with Gasteiger partial charge in [0, 0.05) is 12.1 Å². The van der Waals surface area contributed by atoms with Crippen LogP contribution in [0.25, 0.3) is 0 Å². The zero-order valence-electron chi connectivity index (χ0n) is 11.2. The van der Waals surface area contributed by atoms with Crippen LogP contribution >= 0.6 is 0 Å². The first-order valence-electron chi connectivity index (χ1n) is 6.31. The van der Waals surface area contributed by atoms with Gasteiger partial charge < -0.3 is 36.0 Å². The van der Waals surface area contributed by atoms with Crippen LogP contribution in [0.3, 0.4) is 0 Å². The van der Waals surface area contributed by atoms with Gasteiger partial charge in [-0.3, -0.25) is 4.79 Å². The summed E-state index contributed by atoms with van der Waals surface area (Å²) >= 11 is 0. The third kappa shape index (κ3) is 4.57. The van der Waals surface area contributed by atoms with E-state index in [2.05, 4.69) is 5.32 Å². The van der Waals surface area contributed by atoms with Gasteiger partial charge in [-0.2, -0.15) is 0 Å². The highest BCUT2D eigenvalue weighted by molar-refractivity contribution is 5.81. The average molecular weight is 301 g/mol. The smallest absolute Gasteiger partial charge is 0.251 e. The predicted molar refractivity (Wildman–Crippen MR) is 71.6 cm³/mol. The molecule has 1 aromatic rings. The molecular weight excluding hydrogens is 282 g/mol. The summed E-state index contributed by atoms with van der Waals surface area (Å²) in [5.41, 5.74) is 0.239. The number of aliphatic hydroxyl groups is 4. The third-order valence-corrected chi connectivity index (χ3v) is 2.97. The molecule has 0 aliphatic carbocycles. The maximum Gasteiger partial charge on any atom is 0.251 e. The van der Waals surface area contributed by atoms with Gasteiger partial charge in [0.2, 0.25) is 0 Å². The monoisotopic (exact) mass is 301 g/mol. The quantitative estimate of drug-likeness (QED) is 0.303. The lowest BCUT2D eigenvalue weighted by atomic mass is 10.1. The van der Waals surface area contributed by atoms with Crippen LogP contribution < -0.4 is 5.32 Å². The summed E-state index contributed by atoms with van der Waals surface area (Å²) in [5.74, 6) is -1.19. The number of aromatic hydroxyl groups is 2. The molecule has 0 unspecified atom stereocenters. The van der Waals surface area contributed by atoms with Crippen LogP contribution in [-0.2, 0) is 11.2 Å². The number of carbonyl (C=O) groups is 1. The molecule has 0 spiro atoms. The van der Waals surface area contributed by atoms with Crippen LogP contribution in [-0.4, -0.2) is 68.0 Å². The van der Waals surface area contributed by atoms with Crippen molar-refractivity contribution >= 4 is 5.91 Å². The molecule has 0 radical (unpaired) electrons. The van der Waals surface area contributed by atoms with Crippen LogP contribution in [0.5, 0.6) is 11.5 Å². The van der Waals surface area contributed by atoms with Crippen molar-refractivity contribution < 1.29 is 35.4 Å². The van der Waals surface area contributed by atoms with Gasteiger partial charge in [0.25, 0.3) is 5.91 Å². The summed E-state index contributed by atoms with van der Waals surface area (Å²) in [5, 5.41) is 57.9. The summed E-state index contributed by atoms with van der Waals surface area (Å²) in [6.07, 6.45) is -5.23. The summed E-state index contributed by atoms with van der Waals surface area (Å²) in [4.78, 5) is 11.5. The van der Waals surface area contributed by atoms with Gasteiger partial charge in [0.15, 0.2) is 6.10 Å². The molecule has 7 N–H and O–H groups in total. The molecule has 0 saturated heterocycles. The van der Waals surface area contributed by atoms with E-state index >= 15 is 0 Å². The van der Waals surface area contributed by atoms with Gasteiger partial charge in [-0.25, -0.2) is 0 Å². The van der Waals surface area contributed by atoms with E-state index in [-0.39, 0.29) is 30.0 Å². The minimum Gasteiger partial charge on any atom is -0.508 e. The molecule has 8 heteroatoms. The topological polar surface area (TPSA) is 150 Å². The molecule has 21 heavy (non-hydrogen) atoms.